The number of amides is 2. The van der Waals surface area contributed by atoms with Crippen LogP contribution in [0, 0.1) is 26.6 Å². The molecule has 1 aliphatic rings. The van der Waals surface area contributed by atoms with Crippen molar-refractivity contribution >= 4 is 11.7 Å². The van der Waals surface area contributed by atoms with Crippen LogP contribution in [-0.2, 0) is 6.54 Å². The molecule has 0 saturated heterocycles. The van der Waals surface area contributed by atoms with Gasteiger partial charge in [0.2, 0.25) is 0 Å². The Balaban J connectivity index is 1.54. The molecule has 0 bridgehead atoms. The summed E-state index contributed by atoms with van der Waals surface area (Å²) in [4.78, 5) is 15.9. The normalized spacial score (nSPS) is 14.5. The van der Waals surface area contributed by atoms with Gasteiger partial charge >= 0.3 is 6.03 Å². The molecule has 3 aromatic carbocycles. The lowest BCUT2D eigenvalue weighted by molar-refractivity contribution is 0.194. The highest BCUT2D eigenvalue weighted by atomic mass is 19.1. The van der Waals surface area contributed by atoms with Crippen LogP contribution in [0.2, 0.25) is 0 Å². The van der Waals surface area contributed by atoms with E-state index in [0.717, 1.165) is 50.8 Å². The zero-order valence-corrected chi connectivity index (χ0v) is 21.5. The highest BCUT2D eigenvalue weighted by molar-refractivity contribution is 5.91. The summed E-state index contributed by atoms with van der Waals surface area (Å²) in [5, 5.41) is 8.03. The van der Waals surface area contributed by atoms with E-state index in [9.17, 15) is 9.18 Å². The van der Waals surface area contributed by atoms with E-state index >= 15 is 0 Å². The van der Waals surface area contributed by atoms with Crippen molar-refractivity contribution in [2.24, 2.45) is 0 Å². The van der Waals surface area contributed by atoms with Gasteiger partial charge in [-0.15, -0.1) is 0 Å². The second-order valence-corrected chi connectivity index (χ2v) is 9.77. The van der Waals surface area contributed by atoms with Gasteiger partial charge in [-0.2, -0.15) is 5.10 Å². The van der Waals surface area contributed by atoms with Gasteiger partial charge in [-0.3, -0.25) is 0 Å². The Kier molecular flexibility index (Phi) is 5.83. The van der Waals surface area contributed by atoms with Crippen LogP contribution in [0.25, 0.3) is 11.5 Å². The summed E-state index contributed by atoms with van der Waals surface area (Å²) in [5.74, 6) is 0.575. The van der Waals surface area contributed by atoms with E-state index < -0.39 is 6.04 Å². The van der Waals surface area contributed by atoms with Crippen LogP contribution in [0.5, 0.6) is 0 Å². The third-order valence-corrected chi connectivity index (χ3v) is 7.17. The van der Waals surface area contributed by atoms with Gasteiger partial charge in [-0.25, -0.2) is 13.9 Å². The first kappa shape index (κ1) is 23.7. The molecule has 190 valence electrons. The Morgan fingerprint density at radius 2 is 1.71 bits per heavy atom. The molecule has 0 fully saturated rings. The quantitative estimate of drug-likeness (QED) is 0.291. The topological polar surface area (TPSA) is 55.1 Å². The van der Waals surface area contributed by atoms with E-state index in [-0.39, 0.29) is 11.8 Å². The van der Waals surface area contributed by atoms with E-state index in [1.54, 1.807) is 12.1 Å². The van der Waals surface area contributed by atoms with Gasteiger partial charge in [0.25, 0.3) is 0 Å². The fourth-order valence-electron chi connectivity index (χ4n) is 5.20. The van der Waals surface area contributed by atoms with Crippen LogP contribution in [0.3, 0.4) is 0 Å². The summed E-state index contributed by atoms with van der Waals surface area (Å²) in [6.45, 7) is 6.28. The molecule has 2 amide bonds. The maximum Gasteiger partial charge on any atom is 0.322 e. The minimum atomic E-state index is -0.452. The summed E-state index contributed by atoms with van der Waals surface area (Å²) in [6.07, 6.45) is 2.00. The number of aryl methyl sites for hydroxylation is 3. The lowest BCUT2D eigenvalue weighted by Crippen LogP contribution is -2.38. The summed E-state index contributed by atoms with van der Waals surface area (Å²) in [7, 11) is 0. The molecule has 7 heteroatoms. The van der Waals surface area contributed by atoms with E-state index in [1.807, 2.05) is 97.2 Å². The molecule has 1 N–H and O–H groups in total. The first-order valence-corrected chi connectivity index (χ1v) is 12.6. The Morgan fingerprint density at radius 1 is 0.947 bits per heavy atom. The number of carbonyl (C=O) groups excluding carboxylic acids is 1. The van der Waals surface area contributed by atoms with Crippen LogP contribution in [0.15, 0.2) is 91.1 Å². The molecule has 5 aromatic rings. The van der Waals surface area contributed by atoms with E-state index in [2.05, 4.69) is 9.88 Å². The number of aromatic nitrogens is 3. The standard InChI is InChI=1S/C31H28FN5O/c1-20-11-12-21(2)27(18-20)33-31(38)36-19-26-22(3)34-37(25-8-5-4-6-9-25)30(26)35-17-7-10-28(35)29(36)23-13-15-24(32)16-14-23/h4-18,29H,19H2,1-3H3,(H,33,38)/t29-/m1/s1. The number of anilines is 1. The number of nitrogens with zero attached hydrogens (tertiary/aromatic N) is 4. The second kappa shape index (κ2) is 9.34. The van der Waals surface area contributed by atoms with Crippen molar-refractivity contribution in [1.82, 2.24) is 19.2 Å². The van der Waals surface area contributed by atoms with Crippen molar-refractivity contribution in [3.05, 3.63) is 131 Å². The van der Waals surface area contributed by atoms with Crippen LogP contribution in [-0.4, -0.2) is 25.3 Å². The molecule has 0 aliphatic carbocycles. The summed E-state index contributed by atoms with van der Waals surface area (Å²) >= 11 is 0. The number of hydrogen-bond acceptors (Lipinski definition) is 2. The average molecular weight is 506 g/mol. The lowest BCUT2D eigenvalue weighted by atomic mass is 10.0. The Labute approximate surface area is 221 Å². The molecule has 38 heavy (non-hydrogen) atoms. The Hall–Kier alpha value is -4.65. The Morgan fingerprint density at radius 3 is 2.47 bits per heavy atom. The van der Waals surface area contributed by atoms with Crippen LogP contribution >= 0.6 is 0 Å². The maximum atomic E-state index is 14.1. The van der Waals surface area contributed by atoms with Crippen molar-refractivity contribution < 1.29 is 9.18 Å². The minimum absolute atomic E-state index is 0.236. The minimum Gasteiger partial charge on any atom is -0.308 e. The number of carbonyl (C=O) groups is 1. The monoisotopic (exact) mass is 505 g/mol. The van der Waals surface area contributed by atoms with Gasteiger partial charge in [-0.05, 0) is 79.9 Å². The predicted octanol–water partition coefficient (Wildman–Crippen LogP) is 6.86. The van der Waals surface area contributed by atoms with Crippen molar-refractivity contribution in [3.63, 3.8) is 0 Å². The molecule has 1 aliphatic heterocycles. The Bertz CT molecular complexity index is 1640. The molecule has 0 radical (unpaired) electrons. The molecular weight excluding hydrogens is 477 g/mol. The summed E-state index contributed by atoms with van der Waals surface area (Å²) < 4.78 is 18.0. The molecule has 1 atom stereocenters. The maximum absolute atomic E-state index is 14.1. The van der Waals surface area contributed by atoms with E-state index in [1.165, 1.54) is 12.1 Å². The number of rotatable bonds is 3. The van der Waals surface area contributed by atoms with Crippen molar-refractivity contribution in [2.75, 3.05) is 5.32 Å². The molecule has 6 nitrogen and oxygen atoms in total. The van der Waals surface area contributed by atoms with Crippen molar-refractivity contribution in [3.8, 4) is 11.5 Å². The highest BCUT2D eigenvalue weighted by Gasteiger charge is 2.36. The third-order valence-electron chi connectivity index (χ3n) is 7.17. The fourth-order valence-corrected chi connectivity index (χ4v) is 5.20. The van der Waals surface area contributed by atoms with Crippen LogP contribution in [0.4, 0.5) is 14.9 Å². The average Bonchev–Trinajstić information content (AvgIpc) is 3.48. The number of hydrogen-bond donors (Lipinski definition) is 1. The van der Waals surface area contributed by atoms with Gasteiger partial charge in [0.15, 0.2) is 0 Å². The molecule has 0 saturated carbocycles. The largest absolute Gasteiger partial charge is 0.322 e. The number of para-hydroxylation sites is 1. The zero-order chi connectivity index (χ0) is 26.4. The third kappa shape index (κ3) is 4.06. The van der Waals surface area contributed by atoms with Gasteiger partial charge in [0.1, 0.15) is 11.6 Å². The number of benzene rings is 3. The van der Waals surface area contributed by atoms with Gasteiger partial charge in [0, 0.05) is 17.4 Å². The molecule has 6 rings (SSSR count). The van der Waals surface area contributed by atoms with Gasteiger partial charge < -0.3 is 14.8 Å². The molecule has 0 unspecified atom stereocenters. The number of halogens is 1. The smallest absolute Gasteiger partial charge is 0.308 e. The molecular formula is C31H28FN5O. The number of fused-ring (bicyclic) bond motifs is 3. The van der Waals surface area contributed by atoms with Crippen molar-refractivity contribution in [1.29, 1.82) is 0 Å². The SMILES string of the molecule is Cc1ccc(C)c(NC(=O)N2Cc3c(C)nn(-c4ccccc4)c3-n3cccc3[C@H]2c2ccc(F)cc2)c1. The first-order chi connectivity index (χ1) is 18.4. The van der Waals surface area contributed by atoms with Crippen LogP contribution < -0.4 is 5.32 Å². The summed E-state index contributed by atoms with van der Waals surface area (Å²) in [6, 6.07) is 25.7. The van der Waals surface area contributed by atoms with Gasteiger partial charge in [-0.1, -0.05) is 42.5 Å². The fraction of sp³-hybridized carbons (Fsp3) is 0.161. The molecule has 0 spiro atoms. The zero-order valence-electron chi connectivity index (χ0n) is 21.5. The predicted molar refractivity (Wildman–Crippen MR) is 146 cm³/mol. The van der Waals surface area contributed by atoms with E-state index in [4.69, 9.17) is 5.10 Å². The summed E-state index contributed by atoms with van der Waals surface area (Å²) in [5.41, 5.74) is 7.25. The molecule has 3 heterocycles. The molecule has 2 aromatic heterocycles. The second-order valence-electron chi connectivity index (χ2n) is 9.77. The lowest BCUT2D eigenvalue weighted by Gasteiger charge is -2.31. The van der Waals surface area contributed by atoms with Crippen molar-refractivity contribution in [2.45, 2.75) is 33.4 Å². The number of nitrogens with one attached hydrogen (secondary N) is 1. The van der Waals surface area contributed by atoms with E-state index in [0.29, 0.717) is 6.54 Å². The van der Waals surface area contributed by atoms with Crippen LogP contribution in [0.1, 0.15) is 39.7 Å². The van der Waals surface area contributed by atoms with Gasteiger partial charge in [0.05, 0.1) is 29.7 Å². The first-order valence-electron chi connectivity index (χ1n) is 12.6. The number of urea groups is 1. The highest BCUT2D eigenvalue weighted by Crippen LogP contribution is 2.39.